The smallest absolute Gasteiger partial charge is 0.244 e. The molecule has 158 valence electrons. The molecule has 1 aromatic heterocycles. The molecule has 0 unspecified atom stereocenters. The fraction of sp³-hybridized carbons (Fsp3) is 0.320. The van der Waals surface area contributed by atoms with E-state index < -0.39 is 0 Å². The molecular weight excluding hydrogens is 378 g/mol. The summed E-state index contributed by atoms with van der Waals surface area (Å²) in [6, 6.07) is 8.45. The Balaban J connectivity index is 2.11. The average Bonchev–Trinajstić information content (AvgIpc) is 3.12. The maximum Gasteiger partial charge on any atom is 0.244 e. The van der Waals surface area contributed by atoms with Crippen molar-refractivity contribution in [1.82, 2.24) is 5.32 Å². The van der Waals surface area contributed by atoms with Crippen molar-refractivity contribution in [3.8, 4) is 16.9 Å². The molecule has 0 saturated heterocycles. The van der Waals surface area contributed by atoms with Crippen LogP contribution in [0.4, 0.5) is 0 Å². The molecular formula is C25H29NO4. The number of carbonyl (C=O) groups is 1. The second-order valence-electron chi connectivity index (χ2n) is 7.54. The first kappa shape index (κ1) is 21.7. The predicted molar refractivity (Wildman–Crippen MR) is 121 cm³/mol. The van der Waals surface area contributed by atoms with Crippen LogP contribution < -0.4 is 10.1 Å². The van der Waals surface area contributed by atoms with E-state index in [0.717, 1.165) is 38.8 Å². The Morgan fingerprint density at radius 3 is 2.57 bits per heavy atom. The Kier molecular flexibility index (Phi) is 6.63. The highest BCUT2D eigenvalue weighted by Gasteiger charge is 2.19. The Bertz CT molecular complexity index is 1110. The molecule has 5 nitrogen and oxygen atoms in total. The first-order valence-electron chi connectivity index (χ1n) is 9.99. The second kappa shape index (κ2) is 9.18. The van der Waals surface area contributed by atoms with E-state index in [1.807, 2.05) is 19.9 Å². The highest BCUT2D eigenvalue weighted by atomic mass is 16.5. The summed E-state index contributed by atoms with van der Waals surface area (Å²) in [4.78, 5) is 12.3. The Hall–Kier alpha value is -3.05. The maximum atomic E-state index is 12.3. The average molecular weight is 408 g/mol. The van der Waals surface area contributed by atoms with Gasteiger partial charge in [-0.15, -0.1) is 0 Å². The van der Waals surface area contributed by atoms with Gasteiger partial charge in [-0.2, -0.15) is 0 Å². The minimum atomic E-state index is -0.161. The lowest BCUT2D eigenvalue weighted by Crippen LogP contribution is -2.25. The Labute approximate surface area is 177 Å². The van der Waals surface area contributed by atoms with Crippen LogP contribution >= 0.6 is 0 Å². The van der Waals surface area contributed by atoms with E-state index in [-0.39, 0.29) is 5.91 Å². The van der Waals surface area contributed by atoms with Gasteiger partial charge in [0, 0.05) is 41.8 Å². The van der Waals surface area contributed by atoms with Crippen molar-refractivity contribution in [2.45, 2.75) is 27.7 Å². The zero-order valence-corrected chi connectivity index (χ0v) is 18.5. The van der Waals surface area contributed by atoms with Gasteiger partial charge in [-0.1, -0.05) is 23.8 Å². The number of benzene rings is 2. The SMILES string of the molecule is COCCNC(=O)/C=C(\C)c1cc2c(-c3ccc(C)cc3C)coc2c(C)c1OC. The van der Waals surface area contributed by atoms with Crippen LogP contribution in [0.5, 0.6) is 5.75 Å². The number of fused-ring (bicyclic) bond motifs is 1. The third-order valence-electron chi connectivity index (χ3n) is 5.30. The van der Waals surface area contributed by atoms with Crippen LogP contribution in [0, 0.1) is 20.8 Å². The van der Waals surface area contributed by atoms with Gasteiger partial charge in [0.15, 0.2) is 0 Å². The van der Waals surface area contributed by atoms with Gasteiger partial charge in [0.25, 0.3) is 0 Å². The van der Waals surface area contributed by atoms with Crippen LogP contribution in [0.3, 0.4) is 0 Å². The van der Waals surface area contributed by atoms with Gasteiger partial charge in [0.2, 0.25) is 5.91 Å². The van der Waals surface area contributed by atoms with Crippen molar-refractivity contribution in [3.05, 3.63) is 58.9 Å². The van der Waals surface area contributed by atoms with Gasteiger partial charge < -0.3 is 19.2 Å². The summed E-state index contributed by atoms with van der Waals surface area (Å²) in [6.45, 7) is 9.02. The predicted octanol–water partition coefficient (Wildman–Crippen LogP) is 5.20. The molecule has 2 aromatic carbocycles. The number of furan rings is 1. The first-order chi connectivity index (χ1) is 14.4. The summed E-state index contributed by atoms with van der Waals surface area (Å²) in [5, 5.41) is 3.82. The summed E-state index contributed by atoms with van der Waals surface area (Å²) in [7, 11) is 3.24. The van der Waals surface area contributed by atoms with Crippen molar-refractivity contribution in [3.63, 3.8) is 0 Å². The zero-order valence-electron chi connectivity index (χ0n) is 18.5. The highest BCUT2D eigenvalue weighted by Crippen LogP contribution is 2.41. The highest BCUT2D eigenvalue weighted by molar-refractivity contribution is 6.02. The number of hydrogen-bond acceptors (Lipinski definition) is 4. The van der Waals surface area contributed by atoms with E-state index in [4.69, 9.17) is 13.9 Å². The van der Waals surface area contributed by atoms with Gasteiger partial charge >= 0.3 is 0 Å². The molecule has 3 rings (SSSR count). The summed E-state index contributed by atoms with van der Waals surface area (Å²) in [6.07, 6.45) is 3.39. The van der Waals surface area contributed by atoms with Gasteiger partial charge in [0.05, 0.1) is 20.0 Å². The van der Waals surface area contributed by atoms with E-state index in [1.165, 1.54) is 11.1 Å². The number of carbonyl (C=O) groups excluding carboxylic acids is 1. The number of ether oxygens (including phenoxy) is 2. The second-order valence-corrected chi connectivity index (χ2v) is 7.54. The number of nitrogens with one attached hydrogen (secondary N) is 1. The maximum absolute atomic E-state index is 12.3. The zero-order chi connectivity index (χ0) is 21.8. The number of allylic oxidation sites excluding steroid dienone is 1. The molecule has 0 radical (unpaired) electrons. The number of rotatable bonds is 7. The number of methoxy groups -OCH3 is 2. The molecule has 0 aliphatic carbocycles. The molecule has 1 amide bonds. The van der Waals surface area contributed by atoms with Crippen LogP contribution in [0.15, 0.2) is 41.0 Å². The summed E-state index contributed by atoms with van der Waals surface area (Å²) in [5.41, 5.74) is 7.98. The van der Waals surface area contributed by atoms with Crippen molar-refractivity contribution in [1.29, 1.82) is 0 Å². The molecule has 3 aromatic rings. The normalized spacial score (nSPS) is 11.7. The summed E-state index contributed by atoms with van der Waals surface area (Å²) in [5.74, 6) is 0.550. The Morgan fingerprint density at radius 1 is 1.13 bits per heavy atom. The molecule has 0 fully saturated rings. The largest absolute Gasteiger partial charge is 0.496 e. The van der Waals surface area contributed by atoms with Crippen molar-refractivity contribution < 1.29 is 18.7 Å². The van der Waals surface area contributed by atoms with Crippen LogP contribution in [0.2, 0.25) is 0 Å². The van der Waals surface area contributed by atoms with Crippen LogP contribution in [-0.4, -0.2) is 33.3 Å². The molecule has 30 heavy (non-hydrogen) atoms. The van der Waals surface area contributed by atoms with Gasteiger partial charge in [0.1, 0.15) is 11.3 Å². The topological polar surface area (TPSA) is 60.7 Å². The van der Waals surface area contributed by atoms with E-state index in [1.54, 1.807) is 26.6 Å². The number of hydrogen-bond donors (Lipinski definition) is 1. The lowest BCUT2D eigenvalue weighted by Gasteiger charge is -2.14. The lowest BCUT2D eigenvalue weighted by molar-refractivity contribution is -0.116. The fourth-order valence-corrected chi connectivity index (χ4v) is 3.80. The van der Waals surface area contributed by atoms with Gasteiger partial charge in [-0.3, -0.25) is 4.79 Å². The Morgan fingerprint density at radius 2 is 1.90 bits per heavy atom. The molecule has 5 heteroatoms. The van der Waals surface area contributed by atoms with Crippen LogP contribution in [0.1, 0.15) is 29.2 Å². The molecule has 0 aliphatic rings. The molecule has 0 bridgehead atoms. The number of aryl methyl sites for hydroxylation is 3. The van der Waals surface area contributed by atoms with E-state index in [2.05, 4.69) is 37.4 Å². The monoisotopic (exact) mass is 407 g/mol. The lowest BCUT2D eigenvalue weighted by atomic mass is 9.94. The third-order valence-corrected chi connectivity index (χ3v) is 5.30. The van der Waals surface area contributed by atoms with Crippen LogP contribution in [0.25, 0.3) is 27.7 Å². The molecule has 1 N–H and O–H groups in total. The quantitative estimate of drug-likeness (QED) is 0.432. The number of amides is 1. The summed E-state index contributed by atoms with van der Waals surface area (Å²) < 4.78 is 16.6. The van der Waals surface area contributed by atoms with Gasteiger partial charge in [-0.05, 0) is 50.5 Å². The van der Waals surface area contributed by atoms with Gasteiger partial charge in [-0.25, -0.2) is 0 Å². The molecule has 0 spiro atoms. The van der Waals surface area contributed by atoms with Crippen molar-refractivity contribution in [2.75, 3.05) is 27.4 Å². The van der Waals surface area contributed by atoms with Crippen molar-refractivity contribution in [2.24, 2.45) is 0 Å². The molecule has 0 saturated carbocycles. The molecule has 0 atom stereocenters. The fourth-order valence-electron chi connectivity index (χ4n) is 3.80. The minimum Gasteiger partial charge on any atom is -0.496 e. The first-order valence-corrected chi connectivity index (χ1v) is 9.99. The summed E-state index contributed by atoms with van der Waals surface area (Å²) >= 11 is 0. The molecule has 0 aliphatic heterocycles. The molecule has 1 heterocycles. The standard InChI is InChI=1S/C25H29NO4/c1-15-7-8-19(16(2)11-15)22-14-30-25-18(4)24(29-6)20(13-21(22)25)17(3)12-23(27)26-9-10-28-5/h7-8,11-14H,9-10H2,1-6H3,(H,26,27)/b17-12+. The third kappa shape index (κ3) is 4.26. The minimum absolute atomic E-state index is 0.161. The van der Waals surface area contributed by atoms with E-state index >= 15 is 0 Å². The van der Waals surface area contributed by atoms with Crippen molar-refractivity contribution >= 4 is 22.4 Å². The van der Waals surface area contributed by atoms with E-state index in [0.29, 0.717) is 18.9 Å². The van der Waals surface area contributed by atoms with E-state index in [9.17, 15) is 4.79 Å². The van der Waals surface area contributed by atoms with Crippen LogP contribution in [-0.2, 0) is 9.53 Å².